The largest absolute Gasteiger partial charge is 0.300 e. The molecule has 0 aromatic rings. The molecule has 1 saturated carbocycles. The summed E-state index contributed by atoms with van der Waals surface area (Å²) in [4.78, 5) is 2.66. The van der Waals surface area contributed by atoms with Crippen molar-refractivity contribution in [3.63, 3.8) is 0 Å². The maximum absolute atomic E-state index is 2.66. The van der Waals surface area contributed by atoms with Crippen molar-refractivity contribution >= 4 is 0 Å². The fraction of sp³-hybridized carbons (Fsp3) is 1.00. The minimum absolute atomic E-state index is 0.977. The van der Waals surface area contributed by atoms with Gasteiger partial charge in [-0.25, -0.2) is 0 Å². The molecule has 1 unspecified atom stereocenters. The first-order valence-corrected chi connectivity index (χ1v) is 4.10. The highest BCUT2D eigenvalue weighted by atomic mass is 15.2. The molecular formula is C8H15N. The number of hydrogen-bond donors (Lipinski definition) is 0. The highest BCUT2D eigenvalue weighted by Gasteiger charge is 2.32. The summed E-state index contributed by atoms with van der Waals surface area (Å²) in [5.74, 6) is 0.977. The van der Waals surface area contributed by atoms with Crippen LogP contribution >= 0.6 is 0 Å². The summed E-state index contributed by atoms with van der Waals surface area (Å²) in [6.45, 7) is 5.12. The van der Waals surface area contributed by atoms with Gasteiger partial charge in [-0.3, -0.25) is 0 Å². The minimum Gasteiger partial charge on any atom is -0.300 e. The van der Waals surface area contributed by atoms with Gasteiger partial charge in [-0.05, 0) is 31.7 Å². The Labute approximate surface area is 57.0 Å². The smallest absolute Gasteiger partial charge is 0.00965 e. The molecule has 2 fully saturated rings. The second-order valence-corrected chi connectivity index (χ2v) is 3.62. The monoisotopic (exact) mass is 125 g/mol. The van der Waals surface area contributed by atoms with Crippen molar-refractivity contribution in [3.05, 3.63) is 0 Å². The van der Waals surface area contributed by atoms with E-state index in [4.69, 9.17) is 0 Å². The van der Waals surface area contributed by atoms with Crippen LogP contribution in [0.25, 0.3) is 0 Å². The average Bonchev–Trinajstić information content (AvgIpc) is 2.58. The fourth-order valence-corrected chi connectivity index (χ4v) is 1.74. The Hall–Kier alpha value is -0.0400. The number of hydrogen-bond acceptors (Lipinski definition) is 1. The predicted molar refractivity (Wildman–Crippen MR) is 38.4 cm³/mol. The molecule has 2 aliphatic rings. The Bertz CT molecular complexity index is 107. The summed E-state index contributed by atoms with van der Waals surface area (Å²) in [6, 6.07) is 1.01. The van der Waals surface area contributed by atoms with Gasteiger partial charge in [0, 0.05) is 12.6 Å². The van der Waals surface area contributed by atoms with Gasteiger partial charge < -0.3 is 4.90 Å². The molecule has 1 heterocycles. The van der Waals surface area contributed by atoms with Crippen molar-refractivity contribution in [1.29, 1.82) is 0 Å². The zero-order valence-electron chi connectivity index (χ0n) is 6.14. The van der Waals surface area contributed by atoms with Crippen molar-refractivity contribution in [2.24, 2.45) is 5.92 Å². The molecule has 0 aromatic heterocycles. The SMILES string of the molecule is CC1CCN(C2CC2)C1. The Balaban J connectivity index is 1.86. The molecule has 1 saturated heterocycles. The van der Waals surface area contributed by atoms with Crippen LogP contribution in [-0.2, 0) is 0 Å². The van der Waals surface area contributed by atoms with E-state index < -0.39 is 0 Å². The molecule has 0 bridgehead atoms. The van der Waals surface area contributed by atoms with Crippen molar-refractivity contribution in [1.82, 2.24) is 4.90 Å². The highest BCUT2D eigenvalue weighted by molar-refractivity contribution is 4.88. The van der Waals surface area contributed by atoms with Crippen LogP contribution < -0.4 is 0 Å². The third kappa shape index (κ3) is 1.11. The van der Waals surface area contributed by atoms with Gasteiger partial charge in [-0.1, -0.05) is 6.92 Å². The lowest BCUT2D eigenvalue weighted by Gasteiger charge is -2.12. The maximum atomic E-state index is 2.66. The first kappa shape index (κ1) is 5.72. The second kappa shape index (κ2) is 1.98. The Morgan fingerprint density at radius 3 is 2.44 bits per heavy atom. The first-order valence-electron chi connectivity index (χ1n) is 4.10. The quantitative estimate of drug-likeness (QED) is 0.513. The van der Waals surface area contributed by atoms with Gasteiger partial charge in [0.1, 0.15) is 0 Å². The summed E-state index contributed by atoms with van der Waals surface area (Å²) < 4.78 is 0. The van der Waals surface area contributed by atoms with Gasteiger partial charge in [-0.15, -0.1) is 0 Å². The van der Waals surface area contributed by atoms with Gasteiger partial charge in [0.15, 0.2) is 0 Å². The minimum atomic E-state index is 0.977. The summed E-state index contributed by atoms with van der Waals surface area (Å²) in [5.41, 5.74) is 0. The molecule has 1 heteroatoms. The molecule has 9 heavy (non-hydrogen) atoms. The zero-order valence-corrected chi connectivity index (χ0v) is 6.14. The zero-order chi connectivity index (χ0) is 6.27. The van der Waals surface area contributed by atoms with Crippen LogP contribution in [0.15, 0.2) is 0 Å². The lowest BCUT2D eigenvalue weighted by Crippen LogP contribution is -2.22. The predicted octanol–water partition coefficient (Wildman–Crippen LogP) is 1.49. The summed E-state index contributed by atoms with van der Waals surface area (Å²) in [7, 11) is 0. The van der Waals surface area contributed by atoms with E-state index >= 15 is 0 Å². The van der Waals surface area contributed by atoms with Crippen LogP contribution in [0.1, 0.15) is 26.2 Å². The van der Waals surface area contributed by atoms with Crippen LogP contribution in [0.2, 0.25) is 0 Å². The van der Waals surface area contributed by atoms with Crippen LogP contribution in [0.5, 0.6) is 0 Å². The average molecular weight is 125 g/mol. The van der Waals surface area contributed by atoms with E-state index in [1.54, 1.807) is 0 Å². The van der Waals surface area contributed by atoms with Gasteiger partial charge in [-0.2, -0.15) is 0 Å². The molecule has 0 aromatic carbocycles. The van der Waals surface area contributed by atoms with Crippen LogP contribution in [0.4, 0.5) is 0 Å². The van der Waals surface area contributed by atoms with E-state index in [1.165, 1.54) is 32.4 Å². The number of likely N-dealkylation sites (tertiary alicyclic amines) is 1. The molecule has 0 spiro atoms. The lowest BCUT2D eigenvalue weighted by molar-refractivity contribution is 0.318. The molecule has 52 valence electrons. The first-order chi connectivity index (χ1) is 4.36. The van der Waals surface area contributed by atoms with Crippen LogP contribution in [0.3, 0.4) is 0 Å². The summed E-state index contributed by atoms with van der Waals surface area (Å²) in [6.07, 6.45) is 4.40. The Morgan fingerprint density at radius 1 is 1.22 bits per heavy atom. The second-order valence-electron chi connectivity index (χ2n) is 3.62. The van der Waals surface area contributed by atoms with Gasteiger partial charge in [0.2, 0.25) is 0 Å². The van der Waals surface area contributed by atoms with Crippen molar-refractivity contribution in [2.75, 3.05) is 13.1 Å². The molecule has 0 radical (unpaired) electrons. The van der Waals surface area contributed by atoms with E-state index in [0.29, 0.717) is 0 Å². The van der Waals surface area contributed by atoms with Crippen LogP contribution in [-0.4, -0.2) is 24.0 Å². The van der Waals surface area contributed by atoms with Crippen LogP contribution in [0, 0.1) is 5.92 Å². The molecule has 0 N–H and O–H groups in total. The Kier molecular flexibility index (Phi) is 1.26. The van der Waals surface area contributed by atoms with Gasteiger partial charge in [0.05, 0.1) is 0 Å². The highest BCUT2D eigenvalue weighted by Crippen LogP contribution is 2.31. The van der Waals surface area contributed by atoms with Crippen molar-refractivity contribution in [2.45, 2.75) is 32.2 Å². The van der Waals surface area contributed by atoms with Crippen molar-refractivity contribution < 1.29 is 0 Å². The molecule has 1 nitrogen and oxygen atoms in total. The third-order valence-electron chi connectivity index (χ3n) is 2.52. The Morgan fingerprint density at radius 2 is 2.00 bits per heavy atom. The van der Waals surface area contributed by atoms with E-state index in [2.05, 4.69) is 11.8 Å². The molecule has 0 amide bonds. The van der Waals surface area contributed by atoms with Crippen molar-refractivity contribution in [3.8, 4) is 0 Å². The topological polar surface area (TPSA) is 3.24 Å². The van der Waals surface area contributed by atoms with E-state index in [1.807, 2.05) is 0 Å². The van der Waals surface area contributed by atoms with Gasteiger partial charge in [0.25, 0.3) is 0 Å². The summed E-state index contributed by atoms with van der Waals surface area (Å²) in [5, 5.41) is 0. The normalized spacial score (nSPS) is 37.7. The number of rotatable bonds is 1. The maximum Gasteiger partial charge on any atom is 0.00965 e. The molecule has 1 aliphatic carbocycles. The lowest BCUT2D eigenvalue weighted by atomic mass is 10.2. The summed E-state index contributed by atoms with van der Waals surface area (Å²) >= 11 is 0. The van der Waals surface area contributed by atoms with E-state index in [-0.39, 0.29) is 0 Å². The van der Waals surface area contributed by atoms with E-state index in [9.17, 15) is 0 Å². The molecule has 2 rings (SSSR count). The van der Waals surface area contributed by atoms with E-state index in [0.717, 1.165) is 12.0 Å². The fourth-order valence-electron chi connectivity index (χ4n) is 1.74. The molecule has 1 aliphatic heterocycles. The van der Waals surface area contributed by atoms with Gasteiger partial charge >= 0.3 is 0 Å². The third-order valence-corrected chi connectivity index (χ3v) is 2.52. The standard InChI is InChI=1S/C8H15N/c1-7-4-5-9(6-7)8-2-3-8/h7-8H,2-6H2,1H3. The molecule has 1 atom stereocenters. The number of nitrogens with zero attached hydrogens (tertiary/aromatic N) is 1. The molecular weight excluding hydrogens is 110 g/mol.